The maximum Gasteiger partial charge on any atom is 0.272 e. The number of benzene rings is 1. The molecule has 1 aliphatic rings. The molecule has 1 aliphatic heterocycles. The molecule has 156 valence electrons. The molecule has 0 bridgehead atoms. The Kier molecular flexibility index (Phi) is 6.23. The molecule has 0 aliphatic carbocycles. The number of amides is 1. The van der Waals surface area contributed by atoms with Crippen LogP contribution in [0.25, 0.3) is 5.69 Å². The summed E-state index contributed by atoms with van der Waals surface area (Å²) >= 11 is 0. The molecule has 6 heteroatoms. The van der Waals surface area contributed by atoms with Crippen LogP contribution in [0.5, 0.6) is 0 Å². The number of piperazine rings is 1. The lowest BCUT2D eigenvalue weighted by molar-refractivity contribution is 0.0629. The first-order chi connectivity index (χ1) is 14.6. The highest BCUT2D eigenvalue weighted by Gasteiger charge is 2.26. The minimum atomic E-state index is 0.0621. The van der Waals surface area contributed by atoms with Gasteiger partial charge in [-0.1, -0.05) is 32.0 Å². The second-order valence-corrected chi connectivity index (χ2v) is 8.10. The summed E-state index contributed by atoms with van der Waals surface area (Å²) in [6.45, 7) is 8.49. The molecule has 0 radical (unpaired) electrons. The van der Waals surface area contributed by atoms with Crippen molar-refractivity contribution in [3.05, 3.63) is 77.9 Å². The zero-order chi connectivity index (χ0) is 20.9. The molecule has 4 rings (SSSR count). The molecule has 0 atom stereocenters. The third-order valence-electron chi connectivity index (χ3n) is 5.67. The monoisotopic (exact) mass is 403 g/mol. The summed E-state index contributed by atoms with van der Waals surface area (Å²) in [5.74, 6) is 0.332. The van der Waals surface area contributed by atoms with Crippen molar-refractivity contribution in [3.8, 4) is 5.69 Å². The molecule has 0 spiro atoms. The topological polar surface area (TPSA) is 54.3 Å². The summed E-state index contributed by atoms with van der Waals surface area (Å²) < 4.78 is 1.80. The summed E-state index contributed by atoms with van der Waals surface area (Å²) in [6, 6.07) is 16.0. The van der Waals surface area contributed by atoms with E-state index in [-0.39, 0.29) is 11.8 Å². The highest BCUT2D eigenvalue weighted by atomic mass is 16.2. The molecule has 1 aromatic carbocycles. The lowest BCUT2D eigenvalue weighted by Gasteiger charge is -2.34. The largest absolute Gasteiger partial charge is 0.335 e. The van der Waals surface area contributed by atoms with Gasteiger partial charge in [-0.3, -0.25) is 14.7 Å². The SMILES string of the molecule is CC(C)c1cc(C(=O)N2CCN(CCc3ccncc3)CC2)n(-c2ccccc2)n1. The van der Waals surface area contributed by atoms with Crippen molar-refractivity contribution in [2.24, 2.45) is 0 Å². The van der Waals surface area contributed by atoms with Gasteiger partial charge in [0.15, 0.2) is 0 Å². The van der Waals surface area contributed by atoms with Gasteiger partial charge in [-0.2, -0.15) is 5.10 Å². The van der Waals surface area contributed by atoms with Crippen LogP contribution >= 0.6 is 0 Å². The van der Waals surface area contributed by atoms with Crippen molar-refractivity contribution in [1.29, 1.82) is 0 Å². The molecule has 6 nitrogen and oxygen atoms in total. The zero-order valence-corrected chi connectivity index (χ0v) is 17.7. The fourth-order valence-electron chi connectivity index (χ4n) is 3.77. The van der Waals surface area contributed by atoms with Gasteiger partial charge in [0.25, 0.3) is 5.91 Å². The van der Waals surface area contributed by atoms with Crippen molar-refractivity contribution in [3.63, 3.8) is 0 Å². The Morgan fingerprint density at radius 3 is 2.37 bits per heavy atom. The van der Waals surface area contributed by atoms with Crippen LogP contribution in [-0.4, -0.2) is 63.2 Å². The Hall–Kier alpha value is -2.99. The van der Waals surface area contributed by atoms with E-state index in [1.165, 1.54) is 5.56 Å². The number of pyridine rings is 1. The van der Waals surface area contributed by atoms with Crippen molar-refractivity contribution >= 4 is 5.91 Å². The lowest BCUT2D eigenvalue weighted by Crippen LogP contribution is -2.49. The van der Waals surface area contributed by atoms with Crippen molar-refractivity contribution < 1.29 is 4.79 Å². The maximum absolute atomic E-state index is 13.4. The number of para-hydroxylation sites is 1. The van der Waals surface area contributed by atoms with Gasteiger partial charge in [0.1, 0.15) is 5.69 Å². The van der Waals surface area contributed by atoms with Crippen LogP contribution in [0.4, 0.5) is 0 Å². The smallest absolute Gasteiger partial charge is 0.272 e. The third-order valence-corrected chi connectivity index (χ3v) is 5.67. The van der Waals surface area contributed by atoms with Crippen LogP contribution in [0.1, 0.15) is 41.5 Å². The van der Waals surface area contributed by atoms with Crippen LogP contribution in [0, 0.1) is 0 Å². The first-order valence-electron chi connectivity index (χ1n) is 10.7. The van der Waals surface area contributed by atoms with E-state index in [9.17, 15) is 4.79 Å². The van der Waals surface area contributed by atoms with Crippen LogP contribution in [0.3, 0.4) is 0 Å². The van der Waals surface area contributed by atoms with Gasteiger partial charge in [0.2, 0.25) is 0 Å². The van der Waals surface area contributed by atoms with Gasteiger partial charge in [-0.15, -0.1) is 0 Å². The fraction of sp³-hybridized carbons (Fsp3) is 0.375. The van der Waals surface area contributed by atoms with E-state index < -0.39 is 0 Å². The number of nitrogens with zero attached hydrogens (tertiary/aromatic N) is 5. The highest BCUT2D eigenvalue weighted by Crippen LogP contribution is 2.20. The Morgan fingerprint density at radius 2 is 1.70 bits per heavy atom. The highest BCUT2D eigenvalue weighted by molar-refractivity contribution is 5.93. The van der Waals surface area contributed by atoms with Crippen LogP contribution in [0.2, 0.25) is 0 Å². The van der Waals surface area contributed by atoms with E-state index in [1.807, 2.05) is 53.7 Å². The fourth-order valence-corrected chi connectivity index (χ4v) is 3.77. The van der Waals surface area contributed by atoms with E-state index in [0.29, 0.717) is 5.69 Å². The van der Waals surface area contributed by atoms with E-state index in [4.69, 9.17) is 5.10 Å². The average Bonchev–Trinajstić information content (AvgIpc) is 3.25. The minimum absolute atomic E-state index is 0.0621. The Bertz CT molecular complexity index is 960. The van der Waals surface area contributed by atoms with E-state index in [0.717, 1.165) is 50.5 Å². The molecular formula is C24H29N5O. The summed E-state index contributed by atoms with van der Waals surface area (Å²) in [7, 11) is 0. The molecule has 1 saturated heterocycles. The number of aromatic nitrogens is 3. The number of hydrogen-bond acceptors (Lipinski definition) is 4. The molecule has 0 unspecified atom stereocenters. The van der Waals surface area contributed by atoms with E-state index in [2.05, 4.69) is 35.9 Å². The first-order valence-corrected chi connectivity index (χ1v) is 10.7. The Labute approximate surface area is 178 Å². The number of hydrogen-bond donors (Lipinski definition) is 0. The number of rotatable bonds is 6. The molecule has 3 heterocycles. The molecule has 30 heavy (non-hydrogen) atoms. The maximum atomic E-state index is 13.4. The van der Waals surface area contributed by atoms with Crippen LogP contribution in [-0.2, 0) is 6.42 Å². The number of carbonyl (C=O) groups excluding carboxylic acids is 1. The Balaban J connectivity index is 1.43. The molecule has 3 aromatic rings. The normalized spacial score (nSPS) is 15.0. The van der Waals surface area contributed by atoms with Gasteiger partial charge in [0.05, 0.1) is 11.4 Å². The van der Waals surface area contributed by atoms with Gasteiger partial charge >= 0.3 is 0 Å². The van der Waals surface area contributed by atoms with E-state index in [1.54, 1.807) is 4.68 Å². The molecule has 1 amide bonds. The minimum Gasteiger partial charge on any atom is -0.335 e. The second kappa shape index (κ2) is 9.22. The van der Waals surface area contributed by atoms with Gasteiger partial charge in [-0.25, -0.2) is 4.68 Å². The average molecular weight is 404 g/mol. The van der Waals surface area contributed by atoms with Crippen LogP contribution < -0.4 is 0 Å². The van der Waals surface area contributed by atoms with Gasteiger partial charge < -0.3 is 4.90 Å². The second-order valence-electron chi connectivity index (χ2n) is 8.10. The summed E-state index contributed by atoms with van der Waals surface area (Å²) in [6.07, 6.45) is 4.69. The van der Waals surface area contributed by atoms with Gasteiger partial charge in [-0.05, 0) is 48.2 Å². The number of carbonyl (C=O) groups is 1. The van der Waals surface area contributed by atoms with Gasteiger partial charge in [0, 0.05) is 45.1 Å². The van der Waals surface area contributed by atoms with Crippen molar-refractivity contribution in [1.82, 2.24) is 24.6 Å². The molecular weight excluding hydrogens is 374 g/mol. The molecule has 2 aromatic heterocycles. The zero-order valence-electron chi connectivity index (χ0n) is 17.7. The predicted octanol–water partition coefficient (Wildman–Crippen LogP) is 3.39. The molecule has 1 fully saturated rings. The third kappa shape index (κ3) is 4.60. The molecule has 0 N–H and O–H groups in total. The Morgan fingerprint density at radius 1 is 1.00 bits per heavy atom. The summed E-state index contributed by atoms with van der Waals surface area (Å²) in [4.78, 5) is 21.8. The van der Waals surface area contributed by atoms with Crippen LogP contribution in [0.15, 0.2) is 60.9 Å². The first kappa shape index (κ1) is 20.3. The quantitative estimate of drug-likeness (QED) is 0.633. The predicted molar refractivity (Wildman–Crippen MR) is 118 cm³/mol. The standard InChI is InChI=1S/C24H29N5O/c1-19(2)22-18-23(29(26-22)21-6-4-3-5-7-21)24(30)28-16-14-27(15-17-28)13-10-20-8-11-25-12-9-20/h3-9,11-12,18-19H,10,13-17H2,1-2H3. The van der Waals surface area contributed by atoms with Crippen molar-refractivity contribution in [2.45, 2.75) is 26.2 Å². The summed E-state index contributed by atoms with van der Waals surface area (Å²) in [5, 5.41) is 4.73. The van der Waals surface area contributed by atoms with E-state index >= 15 is 0 Å². The van der Waals surface area contributed by atoms with Crippen molar-refractivity contribution in [2.75, 3.05) is 32.7 Å². The molecule has 0 saturated carbocycles. The lowest BCUT2D eigenvalue weighted by atomic mass is 10.1. The summed E-state index contributed by atoms with van der Waals surface area (Å²) in [5.41, 5.74) is 3.81.